The first-order chi connectivity index (χ1) is 10.8. The monoisotopic (exact) mass is 400 g/mol. The van der Waals surface area contributed by atoms with E-state index in [-0.39, 0.29) is 16.6 Å². The summed E-state index contributed by atoms with van der Waals surface area (Å²) in [4.78, 5) is 15.3. The summed E-state index contributed by atoms with van der Waals surface area (Å²) in [6, 6.07) is 0.715. The van der Waals surface area contributed by atoms with Gasteiger partial charge in [0.25, 0.3) is 0 Å². The highest BCUT2D eigenvalue weighted by atomic mass is 35.5. The summed E-state index contributed by atoms with van der Waals surface area (Å²) in [6.45, 7) is 0. The Hall–Kier alpha value is -1.04. The third kappa shape index (κ3) is 5.23. The molecule has 0 aliphatic rings. The Bertz CT molecular complexity index is 710. The van der Waals surface area contributed by atoms with Gasteiger partial charge in [-0.2, -0.15) is 13.2 Å². The van der Waals surface area contributed by atoms with Crippen molar-refractivity contribution < 1.29 is 18.0 Å². The number of carbonyl (C=O) groups is 1. The van der Waals surface area contributed by atoms with Crippen LogP contribution >= 0.6 is 46.5 Å². The van der Waals surface area contributed by atoms with Gasteiger partial charge in [-0.1, -0.05) is 46.5 Å². The van der Waals surface area contributed by atoms with Gasteiger partial charge in [0.2, 0.25) is 5.91 Å². The Morgan fingerprint density at radius 3 is 2.65 bits per heavy atom. The van der Waals surface area contributed by atoms with Crippen LogP contribution < -0.4 is 5.32 Å². The summed E-state index contributed by atoms with van der Waals surface area (Å²) < 4.78 is 38.9. The van der Waals surface area contributed by atoms with Crippen LogP contribution in [-0.4, -0.2) is 33.1 Å². The summed E-state index contributed by atoms with van der Waals surface area (Å²) in [6.07, 6.45) is -2.06. The molecule has 0 aliphatic heterocycles. The lowest BCUT2D eigenvalue weighted by Crippen LogP contribution is -2.16. The molecule has 1 N–H and O–H groups in total. The Morgan fingerprint density at radius 2 is 2.09 bits per heavy atom. The normalized spacial score (nSPS) is 11.5. The molecule has 2 rings (SSSR count). The van der Waals surface area contributed by atoms with E-state index >= 15 is 0 Å². The molecule has 1 amide bonds. The zero-order valence-corrected chi connectivity index (χ0v) is 14.6. The lowest BCUT2D eigenvalue weighted by Gasteiger charge is -2.09. The highest BCUT2D eigenvalue weighted by Gasteiger charge is 2.31. The van der Waals surface area contributed by atoms with Crippen LogP contribution in [0.15, 0.2) is 20.9 Å². The maximum Gasteiger partial charge on any atom is 0.417 e. The minimum absolute atomic E-state index is 0.0159. The van der Waals surface area contributed by atoms with E-state index in [9.17, 15) is 18.0 Å². The number of halogens is 4. The first-order valence-electron chi connectivity index (χ1n) is 5.82. The summed E-state index contributed by atoms with van der Waals surface area (Å²) >= 11 is 9.67. The number of anilines is 1. The number of hydrogen-bond acceptors (Lipinski definition) is 7. The van der Waals surface area contributed by atoms with E-state index in [4.69, 9.17) is 11.6 Å². The summed E-state index contributed by atoms with van der Waals surface area (Å²) in [5.41, 5.74) is -0.978. The van der Waals surface area contributed by atoms with E-state index < -0.39 is 17.6 Å². The molecule has 0 saturated heterocycles. The second-order valence-electron chi connectivity index (χ2n) is 3.93. The molecule has 2 heterocycles. The molecule has 12 heteroatoms. The topological polar surface area (TPSA) is 67.8 Å². The highest BCUT2D eigenvalue weighted by molar-refractivity contribution is 8.03. The molecule has 2 aromatic heterocycles. The van der Waals surface area contributed by atoms with Gasteiger partial charge in [0.05, 0.1) is 16.3 Å². The van der Waals surface area contributed by atoms with Crippen LogP contribution in [0.5, 0.6) is 0 Å². The molecule has 0 aromatic carbocycles. The Labute approximate surface area is 146 Å². The summed E-state index contributed by atoms with van der Waals surface area (Å²) in [5.74, 6) is -0.556. The molecule has 0 atom stereocenters. The van der Waals surface area contributed by atoms with Crippen molar-refractivity contribution in [1.82, 2.24) is 15.2 Å². The fraction of sp³-hybridized carbons (Fsp3) is 0.273. The van der Waals surface area contributed by atoms with E-state index in [1.165, 1.54) is 34.9 Å². The van der Waals surface area contributed by atoms with Gasteiger partial charge in [-0.3, -0.25) is 4.79 Å². The van der Waals surface area contributed by atoms with Gasteiger partial charge in [-0.15, -0.1) is 10.2 Å². The smallest absolute Gasteiger partial charge is 0.309 e. The number of thioether (sulfide) groups is 2. The number of amides is 1. The molecule has 0 spiro atoms. The van der Waals surface area contributed by atoms with Crippen molar-refractivity contribution in [2.45, 2.75) is 14.9 Å². The van der Waals surface area contributed by atoms with Crippen molar-refractivity contribution >= 4 is 58.2 Å². The van der Waals surface area contributed by atoms with Crippen molar-refractivity contribution in [2.24, 2.45) is 0 Å². The Kier molecular flexibility index (Phi) is 6.12. The van der Waals surface area contributed by atoms with Crippen LogP contribution in [0.4, 0.5) is 19.0 Å². The third-order valence-corrected chi connectivity index (χ3v) is 5.64. The molecule has 124 valence electrons. The van der Waals surface area contributed by atoms with Crippen molar-refractivity contribution in [3.63, 3.8) is 0 Å². The molecule has 2 aromatic rings. The average molecular weight is 401 g/mol. The molecule has 0 saturated carbocycles. The molecule has 5 nitrogen and oxygen atoms in total. The lowest BCUT2D eigenvalue weighted by molar-refractivity contribution is -0.137. The molecule has 0 bridgehead atoms. The molecule has 0 aliphatic carbocycles. The molecule has 23 heavy (non-hydrogen) atoms. The number of aromatic nitrogens is 3. The van der Waals surface area contributed by atoms with Gasteiger partial charge in [0.1, 0.15) is 0 Å². The number of carbonyl (C=O) groups excluding carboxylic acids is 1. The molecular formula is C11H8ClF3N4OS3. The van der Waals surface area contributed by atoms with Crippen molar-refractivity contribution in [3.05, 3.63) is 22.8 Å². The highest BCUT2D eigenvalue weighted by Crippen LogP contribution is 2.32. The summed E-state index contributed by atoms with van der Waals surface area (Å²) in [5, 5.41) is 9.85. The predicted octanol–water partition coefficient (Wildman–Crippen LogP) is 4.06. The summed E-state index contributed by atoms with van der Waals surface area (Å²) in [7, 11) is 0. The number of nitrogens with one attached hydrogen (secondary N) is 1. The number of pyridine rings is 1. The maximum absolute atomic E-state index is 12.5. The predicted molar refractivity (Wildman–Crippen MR) is 85.3 cm³/mol. The first kappa shape index (κ1) is 18.3. The van der Waals surface area contributed by atoms with Crippen LogP contribution in [0.2, 0.25) is 5.02 Å². The van der Waals surface area contributed by atoms with E-state index in [0.717, 1.165) is 4.34 Å². The van der Waals surface area contributed by atoms with E-state index in [2.05, 4.69) is 20.5 Å². The molecule has 0 radical (unpaired) electrons. The number of hydrogen-bond donors (Lipinski definition) is 1. The van der Waals surface area contributed by atoms with Gasteiger partial charge in [-0.25, -0.2) is 4.98 Å². The van der Waals surface area contributed by atoms with Gasteiger partial charge in [0, 0.05) is 6.20 Å². The van der Waals surface area contributed by atoms with Crippen LogP contribution in [0.25, 0.3) is 0 Å². The van der Waals surface area contributed by atoms with E-state index in [1.54, 1.807) is 0 Å². The fourth-order valence-electron chi connectivity index (χ4n) is 1.32. The first-order valence-corrected chi connectivity index (χ1v) is 9.23. The van der Waals surface area contributed by atoms with Gasteiger partial charge in [-0.05, 0) is 12.3 Å². The minimum Gasteiger partial charge on any atom is -0.309 e. The molecule has 0 unspecified atom stereocenters. The lowest BCUT2D eigenvalue weighted by atomic mass is 10.3. The van der Waals surface area contributed by atoms with Crippen molar-refractivity contribution in [1.29, 1.82) is 0 Å². The molecule has 0 fully saturated rings. The third-order valence-electron chi connectivity index (χ3n) is 2.32. The van der Waals surface area contributed by atoms with Crippen molar-refractivity contribution in [2.75, 3.05) is 17.3 Å². The second-order valence-corrected chi connectivity index (χ2v) is 7.59. The minimum atomic E-state index is -4.54. The van der Waals surface area contributed by atoms with E-state index in [0.29, 0.717) is 16.6 Å². The van der Waals surface area contributed by atoms with Gasteiger partial charge in [0.15, 0.2) is 14.5 Å². The van der Waals surface area contributed by atoms with E-state index in [1.807, 2.05) is 6.26 Å². The van der Waals surface area contributed by atoms with Crippen LogP contribution in [-0.2, 0) is 11.0 Å². The number of rotatable bonds is 5. The van der Waals surface area contributed by atoms with Crippen LogP contribution in [0.1, 0.15) is 5.56 Å². The number of nitrogens with zero attached hydrogens (tertiary/aromatic N) is 3. The maximum atomic E-state index is 12.5. The zero-order chi connectivity index (χ0) is 17.0. The van der Waals surface area contributed by atoms with Crippen LogP contribution in [0, 0.1) is 0 Å². The number of alkyl halides is 3. The van der Waals surface area contributed by atoms with Gasteiger partial charge < -0.3 is 5.32 Å². The average Bonchev–Trinajstić information content (AvgIpc) is 2.94. The molecular weight excluding hydrogens is 393 g/mol. The zero-order valence-electron chi connectivity index (χ0n) is 11.3. The SMILES string of the molecule is CSc1nnc(SCC(=O)Nc2ncc(C(F)(F)F)cc2Cl)s1. The largest absolute Gasteiger partial charge is 0.417 e. The van der Waals surface area contributed by atoms with Gasteiger partial charge >= 0.3 is 6.18 Å². The van der Waals surface area contributed by atoms with Crippen molar-refractivity contribution in [3.8, 4) is 0 Å². The Morgan fingerprint density at radius 1 is 1.39 bits per heavy atom. The fourth-order valence-corrected chi connectivity index (χ4v) is 3.77. The quantitative estimate of drug-likeness (QED) is 0.763. The standard InChI is InChI=1S/C11H8ClF3N4OS3/c1-21-9-18-19-10(23-9)22-4-7(20)17-8-6(12)2-5(3-16-8)11(13,14)15/h2-3H,4H2,1H3,(H,16,17,20). The second kappa shape index (κ2) is 7.69. The Balaban J connectivity index is 1.94. The van der Waals surface area contributed by atoms with Crippen LogP contribution in [0.3, 0.4) is 0 Å².